The summed E-state index contributed by atoms with van der Waals surface area (Å²) in [7, 11) is 1.72. The summed E-state index contributed by atoms with van der Waals surface area (Å²) < 4.78 is 47.2. The van der Waals surface area contributed by atoms with Gasteiger partial charge in [-0.2, -0.15) is 13.2 Å². The first-order valence-electron chi connectivity index (χ1n) is 9.63. The van der Waals surface area contributed by atoms with E-state index in [1.54, 1.807) is 13.1 Å². The number of guanidine groups is 1. The Balaban J connectivity index is 1.56. The first-order chi connectivity index (χ1) is 14.4. The van der Waals surface area contributed by atoms with Gasteiger partial charge >= 0.3 is 6.18 Å². The Hall–Kier alpha value is -2.81. The van der Waals surface area contributed by atoms with Gasteiger partial charge in [0.25, 0.3) is 0 Å². The third kappa shape index (κ3) is 6.09. The summed E-state index contributed by atoms with van der Waals surface area (Å²) in [5, 5.41) is 3.28. The van der Waals surface area contributed by atoms with Crippen molar-refractivity contribution >= 4 is 5.96 Å². The lowest BCUT2D eigenvalue weighted by atomic mass is 10.0. The molecule has 1 saturated heterocycles. The summed E-state index contributed by atoms with van der Waals surface area (Å²) >= 11 is 0. The van der Waals surface area contributed by atoms with Crippen LogP contribution in [0.25, 0.3) is 0 Å². The number of benzene rings is 1. The minimum atomic E-state index is -4.39. The quantitative estimate of drug-likeness (QED) is 0.591. The van der Waals surface area contributed by atoms with Crippen LogP contribution in [0.1, 0.15) is 22.8 Å². The molecule has 2 aromatic rings. The number of aryl methyl sites for hydroxylation is 1. The van der Waals surface area contributed by atoms with Crippen molar-refractivity contribution in [3.05, 3.63) is 59.3 Å². The van der Waals surface area contributed by atoms with E-state index < -0.39 is 12.8 Å². The van der Waals surface area contributed by atoms with Crippen molar-refractivity contribution in [1.82, 2.24) is 15.2 Å². The van der Waals surface area contributed by atoms with Gasteiger partial charge in [0.1, 0.15) is 6.10 Å². The molecule has 1 aliphatic rings. The molecule has 1 atom stereocenters. The van der Waals surface area contributed by atoms with E-state index >= 15 is 0 Å². The minimum Gasteiger partial charge on any atom is -0.468 e. The summed E-state index contributed by atoms with van der Waals surface area (Å²) in [6.07, 6.45) is -2.94. The van der Waals surface area contributed by atoms with Crippen LogP contribution in [0, 0.1) is 6.92 Å². The van der Waals surface area contributed by atoms with E-state index in [-0.39, 0.29) is 12.0 Å². The van der Waals surface area contributed by atoms with E-state index in [1.807, 2.05) is 12.1 Å². The number of aromatic nitrogens is 1. The van der Waals surface area contributed by atoms with Gasteiger partial charge in [0.2, 0.25) is 5.88 Å². The molecule has 0 radical (unpaired) electrons. The lowest BCUT2D eigenvalue weighted by Crippen LogP contribution is -2.48. The van der Waals surface area contributed by atoms with Gasteiger partial charge < -0.3 is 19.7 Å². The number of morpholine rings is 1. The number of nitrogens with one attached hydrogen (secondary N) is 1. The second kappa shape index (κ2) is 9.80. The smallest absolute Gasteiger partial charge is 0.422 e. The molecule has 1 N–H and O–H groups in total. The van der Waals surface area contributed by atoms with Crippen molar-refractivity contribution in [3.8, 4) is 5.88 Å². The number of pyridine rings is 1. The van der Waals surface area contributed by atoms with Crippen molar-refractivity contribution in [1.29, 1.82) is 0 Å². The molecule has 3 rings (SSSR count). The van der Waals surface area contributed by atoms with Crippen LogP contribution in [0.5, 0.6) is 5.88 Å². The number of hydrogen-bond donors (Lipinski definition) is 1. The Morgan fingerprint density at radius 3 is 2.77 bits per heavy atom. The Morgan fingerprint density at radius 1 is 1.30 bits per heavy atom. The summed E-state index contributed by atoms with van der Waals surface area (Å²) in [6.45, 7) is 3.12. The summed E-state index contributed by atoms with van der Waals surface area (Å²) in [4.78, 5) is 10.4. The van der Waals surface area contributed by atoms with E-state index in [9.17, 15) is 13.2 Å². The summed E-state index contributed by atoms with van der Waals surface area (Å²) in [5.41, 5.74) is 3.15. The molecule has 0 saturated carbocycles. The highest BCUT2D eigenvalue weighted by atomic mass is 19.4. The van der Waals surface area contributed by atoms with Gasteiger partial charge in [0, 0.05) is 32.4 Å². The molecule has 1 fully saturated rings. The van der Waals surface area contributed by atoms with Gasteiger partial charge in [-0.3, -0.25) is 4.99 Å². The summed E-state index contributed by atoms with van der Waals surface area (Å²) in [6, 6.07) is 11.3. The standard InChI is InChI=1S/C21H25F3N4O2/c1-15-5-3-4-6-17(15)18-13-28(9-10-29-18)20(25-2)27-12-16-7-8-19(26-11-16)30-14-21(22,23)24/h3-8,11,18H,9-10,12-14H2,1-2H3,(H,25,27). The third-order valence-electron chi connectivity index (χ3n) is 4.75. The maximum absolute atomic E-state index is 12.2. The predicted octanol–water partition coefficient (Wildman–Crippen LogP) is 3.48. The van der Waals surface area contributed by atoms with Crippen LogP contribution in [0.15, 0.2) is 47.6 Å². The molecular formula is C21H25F3N4O2. The largest absolute Gasteiger partial charge is 0.468 e. The van der Waals surface area contributed by atoms with Crippen LogP contribution in [-0.2, 0) is 11.3 Å². The molecule has 0 bridgehead atoms. The Morgan fingerprint density at radius 2 is 2.10 bits per heavy atom. The van der Waals surface area contributed by atoms with Gasteiger partial charge in [0.15, 0.2) is 12.6 Å². The van der Waals surface area contributed by atoms with Crippen LogP contribution >= 0.6 is 0 Å². The van der Waals surface area contributed by atoms with E-state index in [0.29, 0.717) is 26.2 Å². The molecule has 1 unspecified atom stereocenters. The molecular weight excluding hydrogens is 397 g/mol. The predicted molar refractivity (Wildman–Crippen MR) is 107 cm³/mol. The van der Waals surface area contributed by atoms with Crippen molar-refractivity contribution in [2.24, 2.45) is 4.99 Å². The highest BCUT2D eigenvalue weighted by molar-refractivity contribution is 5.80. The molecule has 1 aromatic carbocycles. The zero-order valence-corrected chi connectivity index (χ0v) is 16.9. The van der Waals surface area contributed by atoms with E-state index in [1.165, 1.54) is 17.8 Å². The van der Waals surface area contributed by atoms with Crippen LogP contribution < -0.4 is 10.1 Å². The molecule has 1 aliphatic heterocycles. The molecule has 30 heavy (non-hydrogen) atoms. The van der Waals surface area contributed by atoms with Crippen molar-refractivity contribution in [2.45, 2.75) is 25.7 Å². The highest BCUT2D eigenvalue weighted by Gasteiger charge is 2.28. The van der Waals surface area contributed by atoms with Gasteiger partial charge in [-0.1, -0.05) is 30.3 Å². The SMILES string of the molecule is CN=C(NCc1ccc(OCC(F)(F)F)nc1)N1CCOC(c2ccccc2C)C1. The number of nitrogens with zero attached hydrogens (tertiary/aromatic N) is 3. The Bertz CT molecular complexity index is 856. The molecule has 1 aromatic heterocycles. The molecule has 0 spiro atoms. The van der Waals surface area contributed by atoms with Crippen molar-refractivity contribution in [2.75, 3.05) is 33.4 Å². The fourth-order valence-electron chi connectivity index (χ4n) is 3.25. The number of rotatable bonds is 5. The zero-order valence-electron chi connectivity index (χ0n) is 16.9. The van der Waals surface area contributed by atoms with Crippen LogP contribution in [0.2, 0.25) is 0 Å². The minimum absolute atomic E-state index is 0.0368. The fourth-order valence-corrected chi connectivity index (χ4v) is 3.25. The van der Waals surface area contributed by atoms with Gasteiger partial charge in [0.05, 0.1) is 13.2 Å². The van der Waals surface area contributed by atoms with E-state index in [2.05, 4.69) is 44.0 Å². The van der Waals surface area contributed by atoms with Gasteiger partial charge in [-0.15, -0.1) is 0 Å². The fraction of sp³-hybridized carbons (Fsp3) is 0.429. The van der Waals surface area contributed by atoms with E-state index in [0.717, 1.165) is 17.1 Å². The monoisotopic (exact) mass is 422 g/mol. The maximum Gasteiger partial charge on any atom is 0.422 e. The zero-order chi connectivity index (χ0) is 21.6. The van der Waals surface area contributed by atoms with Gasteiger partial charge in [-0.05, 0) is 23.6 Å². The second-order valence-corrected chi connectivity index (χ2v) is 6.97. The first kappa shape index (κ1) is 21.9. The Kier molecular flexibility index (Phi) is 7.15. The van der Waals surface area contributed by atoms with Crippen LogP contribution in [-0.4, -0.2) is 55.4 Å². The maximum atomic E-state index is 12.2. The molecule has 0 amide bonds. The van der Waals surface area contributed by atoms with Crippen molar-refractivity contribution in [3.63, 3.8) is 0 Å². The molecule has 0 aliphatic carbocycles. The van der Waals surface area contributed by atoms with Crippen LogP contribution in [0.3, 0.4) is 0 Å². The number of alkyl halides is 3. The molecule has 162 valence electrons. The second-order valence-electron chi connectivity index (χ2n) is 6.97. The average molecular weight is 422 g/mol. The topological polar surface area (TPSA) is 59.0 Å². The summed E-state index contributed by atoms with van der Waals surface area (Å²) in [5.74, 6) is 0.670. The highest BCUT2D eigenvalue weighted by Crippen LogP contribution is 2.25. The molecule has 6 nitrogen and oxygen atoms in total. The van der Waals surface area contributed by atoms with Gasteiger partial charge in [-0.25, -0.2) is 4.98 Å². The molecule has 2 heterocycles. The van der Waals surface area contributed by atoms with E-state index in [4.69, 9.17) is 4.74 Å². The normalized spacial score (nSPS) is 17.7. The first-order valence-corrected chi connectivity index (χ1v) is 9.63. The molecule has 9 heteroatoms. The lowest BCUT2D eigenvalue weighted by molar-refractivity contribution is -0.154. The van der Waals surface area contributed by atoms with Crippen LogP contribution in [0.4, 0.5) is 13.2 Å². The van der Waals surface area contributed by atoms with Crippen molar-refractivity contribution < 1.29 is 22.6 Å². The number of halogens is 3. The number of hydrogen-bond acceptors (Lipinski definition) is 4. The third-order valence-corrected chi connectivity index (χ3v) is 4.75. The lowest BCUT2D eigenvalue weighted by Gasteiger charge is -2.35. The Labute approximate surface area is 173 Å². The average Bonchev–Trinajstić information content (AvgIpc) is 2.73. The number of aliphatic imine (C=N–C) groups is 1. The number of ether oxygens (including phenoxy) is 2.